The standard InChI is InChI=1S/C11H15BrF2N2/c1-16(7-11(13)14)9-3-2-8(4-5-15)10(12)6-9/h2-3,6,11H,4-5,7,15H2,1H3. The van der Waals surface area contributed by atoms with E-state index < -0.39 is 6.43 Å². The van der Waals surface area contributed by atoms with E-state index in [2.05, 4.69) is 15.9 Å². The summed E-state index contributed by atoms with van der Waals surface area (Å²) < 4.78 is 25.3. The van der Waals surface area contributed by atoms with Gasteiger partial charge in [-0.05, 0) is 30.7 Å². The van der Waals surface area contributed by atoms with Crippen LogP contribution in [0.1, 0.15) is 5.56 Å². The van der Waals surface area contributed by atoms with Crippen molar-refractivity contribution in [2.24, 2.45) is 5.73 Å². The molecule has 0 unspecified atom stereocenters. The lowest BCUT2D eigenvalue weighted by molar-refractivity contribution is 0.156. The Labute approximate surface area is 103 Å². The summed E-state index contributed by atoms with van der Waals surface area (Å²) in [7, 11) is 1.65. The molecule has 0 bridgehead atoms. The molecule has 0 aliphatic heterocycles. The van der Waals surface area contributed by atoms with Gasteiger partial charge in [-0.2, -0.15) is 0 Å². The molecule has 1 aromatic carbocycles. The Morgan fingerprint density at radius 1 is 1.44 bits per heavy atom. The number of hydrogen-bond acceptors (Lipinski definition) is 2. The molecule has 16 heavy (non-hydrogen) atoms. The summed E-state index contributed by atoms with van der Waals surface area (Å²) in [5.74, 6) is 0. The summed E-state index contributed by atoms with van der Waals surface area (Å²) >= 11 is 3.41. The van der Waals surface area contributed by atoms with Crippen LogP contribution in [0.2, 0.25) is 0 Å². The Hall–Kier alpha value is -0.680. The van der Waals surface area contributed by atoms with Crippen molar-refractivity contribution in [3.63, 3.8) is 0 Å². The van der Waals surface area contributed by atoms with Gasteiger partial charge < -0.3 is 10.6 Å². The third-order valence-electron chi connectivity index (χ3n) is 2.30. The minimum Gasteiger partial charge on any atom is -0.369 e. The van der Waals surface area contributed by atoms with Crippen LogP contribution in [0.5, 0.6) is 0 Å². The van der Waals surface area contributed by atoms with Gasteiger partial charge in [-0.3, -0.25) is 0 Å². The van der Waals surface area contributed by atoms with Gasteiger partial charge in [0.1, 0.15) is 0 Å². The number of nitrogens with two attached hydrogens (primary N) is 1. The van der Waals surface area contributed by atoms with Gasteiger partial charge in [-0.1, -0.05) is 22.0 Å². The highest BCUT2D eigenvalue weighted by Crippen LogP contribution is 2.24. The average molecular weight is 293 g/mol. The molecular weight excluding hydrogens is 278 g/mol. The van der Waals surface area contributed by atoms with Crippen LogP contribution >= 0.6 is 15.9 Å². The Morgan fingerprint density at radius 2 is 2.12 bits per heavy atom. The molecule has 0 amide bonds. The van der Waals surface area contributed by atoms with E-state index in [1.165, 1.54) is 4.90 Å². The second-order valence-corrected chi connectivity index (χ2v) is 4.44. The van der Waals surface area contributed by atoms with Crippen LogP contribution in [0.4, 0.5) is 14.5 Å². The van der Waals surface area contributed by atoms with Gasteiger partial charge in [0.05, 0.1) is 6.54 Å². The maximum absolute atomic E-state index is 12.2. The smallest absolute Gasteiger partial charge is 0.255 e. The van der Waals surface area contributed by atoms with Crippen molar-refractivity contribution in [3.8, 4) is 0 Å². The number of hydrogen-bond donors (Lipinski definition) is 1. The molecule has 90 valence electrons. The fraction of sp³-hybridized carbons (Fsp3) is 0.455. The summed E-state index contributed by atoms with van der Waals surface area (Å²) in [6.45, 7) is 0.313. The summed E-state index contributed by atoms with van der Waals surface area (Å²) in [5.41, 5.74) is 7.33. The van der Waals surface area contributed by atoms with Crippen molar-refractivity contribution in [1.29, 1.82) is 0 Å². The molecule has 0 fully saturated rings. The normalized spacial score (nSPS) is 10.9. The van der Waals surface area contributed by atoms with Crippen LogP contribution in [0.15, 0.2) is 22.7 Å². The Balaban J connectivity index is 2.79. The Morgan fingerprint density at radius 3 is 2.62 bits per heavy atom. The third kappa shape index (κ3) is 3.72. The monoisotopic (exact) mass is 292 g/mol. The third-order valence-corrected chi connectivity index (χ3v) is 3.04. The fourth-order valence-electron chi connectivity index (χ4n) is 1.44. The molecule has 2 nitrogen and oxygen atoms in total. The van der Waals surface area contributed by atoms with E-state index >= 15 is 0 Å². The lowest BCUT2D eigenvalue weighted by atomic mass is 10.1. The average Bonchev–Trinajstić information content (AvgIpc) is 2.20. The van der Waals surface area contributed by atoms with E-state index in [1.54, 1.807) is 7.05 Å². The van der Waals surface area contributed by atoms with Crippen LogP contribution in [0.25, 0.3) is 0 Å². The highest BCUT2D eigenvalue weighted by molar-refractivity contribution is 9.10. The van der Waals surface area contributed by atoms with E-state index in [0.29, 0.717) is 6.54 Å². The van der Waals surface area contributed by atoms with Gasteiger partial charge >= 0.3 is 0 Å². The molecule has 0 aliphatic carbocycles. The van der Waals surface area contributed by atoms with Crippen LogP contribution in [-0.4, -0.2) is 26.6 Å². The number of rotatable bonds is 5. The predicted molar refractivity (Wildman–Crippen MR) is 66.2 cm³/mol. The van der Waals surface area contributed by atoms with Gasteiger partial charge in [0.25, 0.3) is 6.43 Å². The second kappa shape index (κ2) is 6.15. The topological polar surface area (TPSA) is 29.3 Å². The fourth-order valence-corrected chi connectivity index (χ4v) is 2.01. The minimum absolute atomic E-state index is 0.261. The zero-order valence-electron chi connectivity index (χ0n) is 9.09. The molecule has 2 N–H and O–H groups in total. The number of nitrogens with zero attached hydrogens (tertiary/aromatic N) is 1. The predicted octanol–water partition coefficient (Wildman–Crippen LogP) is 2.65. The maximum Gasteiger partial charge on any atom is 0.255 e. The van der Waals surface area contributed by atoms with Crippen molar-refractivity contribution in [2.75, 3.05) is 25.0 Å². The van der Waals surface area contributed by atoms with Gasteiger partial charge in [0.2, 0.25) is 0 Å². The lowest BCUT2D eigenvalue weighted by Crippen LogP contribution is -2.23. The first-order valence-electron chi connectivity index (χ1n) is 5.02. The molecule has 1 rings (SSSR count). The van der Waals surface area contributed by atoms with Crippen molar-refractivity contribution >= 4 is 21.6 Å². The second-order valence-electron chi connectivity index (χ2n) is 3.59. The van der Waals surface area contributed by atoms with Gasteiger partial charge in [-0.25, -0.2) is 8.78 Å². The Kier molecular flexibility index (Phi) is 5.15. The van der Waals surface area contributed by atoms with Crippen LogP contribution in [0.3, 0.4) is 0 Å². The zero-order chi connectivity index (χ0) is 12.1. The summed E-state index contributed by atoms with van der Waals surface area (Å²) in [6, 6.07) is 5.58. The maximum atomic E-state index is 12.2. The SMILES string of the molecule is CN(CC(F)F)c1ccc(CCN)c(Br)c1. The van der Waals surface area contributed by atoms with Crippen LogP contribution < -0.4 is 10.6 Å². The van der Waals surface area contributed by atoms with Gasteiger partial charge in [-0.15, -0.1) is 0 Å². The number of anilines is 1. The molecule has 0 saturated carbocycles. The van der Waals surface area contributed by atoms with E-state index in [-0.39, 0.29) is 6.54 Å². The lowest BCUT2D eigenvalue weighted by Gasteiger charge is -2.19. The number of alkyl halides is 2. The van der Waals surface area contributed by atoms with E-state index in [1.807, 2.05) is 18.2 Å². The molecule has 0 aromatic heterocycles. The van der Waals surface area contributed by atoms with Crippen molar-refractivity contribution in [1.82, 2.24) is 0 Å². The van der Waals surface area contributed by atoms with E-state index in [0.717, 1.165) is 22.1 Å². The molecule has 0 aliphatic rings. The quantitative estimate of drug-likeness (QED) is 0.904. The van der Waals surface area contributed by atoms with Crippen LogP contribution in [0, 0.1) is 0 Å². The summed E-state index contributed by atoms with van der Waals surface area (Å²) in [6.07, 6.45) is -1.55. The van der Waals surface area contributed by atoms with Crippen molar-refractivity contribution in [2.45, 2.75) is 12.8 Å². The molecule has 1 aromatic rings. The van der Waals surface area contributed by atoms with Crippen LogP contribution in [-0.2, 0) is 6.42 Å². The highest BCUT2D eigenvalue weighted by atomic mass is 79.9. The molecular formula is C11H15BrF2N2. The summed E-state index contributed by atoms with van der Waals surface area (Å²) in [5, 5.41) is 0. The molecule has 0 spiro atoms. The number of halogens is 3. The zero-order valence-corrected chi connectivity index (χ0v) is 10.7. The molecule has 5 heteroatoms. The van der Waals surface area contributed by atoms with Gasteiger partial charge in [0, 0.05) is 17.2 Å². The van der Waals surface area contributed by atoms with Crippen molar-refractivity contribution in [3.05, 3.63) is 28.2 Å². The summed E-state index contributed by atoms with van der Waals surface area (Å²) in [4.78, 5) is 1.53. The minimum atomic E-state index is -2.33. The molecule has 0 saturated heterocycles. The first kappa shape index (κ1) is 13.4. The first-order valence-corrected chi connectivity index (χ1v) is 5.81. The number of benzene rings is 1. The first-order chi connectivity index (χ1) is 7.54. The largest absolute Gasteiger partial charge is 0.369 e. The molecule has 0 atom stereocenters. The molecule has 0 heterocycles. The van der Waals surface area contributed by atoms with Crippen molar-refractivity contribution < 1.29 is 8.78 Å². The van der Waals surface area contributed by atoms with E-state index in [4.69, 9.17) is 5.73 Å². The molecule has 0 radical (unpaired) electrons. The highest BCUT2D eigenvalue weighted by Gasteiger charge is 2.09. The van der Waals surface area contributed by atoms with Gasteiger partial charge in [0.15, 0.2) is 0 Å². The Bertz CT molecular complexity index is 345. The van der Waals surface area contributed by atoms with E-state index in [9.17, 15) is 8.78 Å².